The Morgan fingerprint density at radius 1 is 0.934 bits per heavy atom. The molecule has 2 aliphatic heterocycles. The standard InChI is InChI=1S/C35H43ClFN7O2.C20H23ClN6O2S/c1-22(2)21-46-15-8-31(45)42-11-13-44(14-12-42)35-32(34-40-29-5-4-25(36)19-30(29)41-34)33(43-9-6-27(38)7-10-43)28(20-39-35)24-16-23(3)17-26(37)18-24;1-11-6-5-7-13(21)17(11)26-18(29)14-9-22-19(30-14)25-15-8-16(24-12(2)23-15)27-20(3,4)10-28/h4-5,16-20,22,27H,6-15,21,38H2,1-3H3,(H,40,41);5-9,28H,10H2,1-4H3,(H,26,29)(H2,22,23,24,25,27). The molecule has 0 bridgehead atoms. The molecule has 3 aromatic carbocycles. The number of amides is 2. The zero-order chi connectivity index (χ0) is 54.3. The van der Waals surface area contributed by atoms with Crippen molar-refractivity contribution in [3.63, 3.8) is 0 Å². The Labute approximate surface area is 456 Å². The predicted molar refractivity (Wildman–Crippen MR) is 304 cm³/mol. The molecule has 0 saturated carbocycles. The fourth-order valence-corrected chi connectivity index (χ4v) is 10.2. The fourth-order valence-electron chi connectivity index (χ4n) is 9.00. The topological polar surface area (TPSA) is 216 Å². The maximum absolute atomic E-state index is 14.8. The first kappa shape index (κ1) is 55.7. The highest BCUT2D eigenvalue weighted by Gasteiger charge is 2.31. The molecule has 7 aromatic rings. The number of hydrogen-bond donors (Lipinski definition) is 6. The Morgan fingerprint density at radius 3 is 2.39 bits per heavy atom. The number of pyridine rings is 1. The number of aromatic nitrogens is 6. The number of fused-ring (bicyclic) bond motifs is 1. The highest BCUT2D eigenvalue weighted by atomic mass is 35.5. The summed E-state index contributed by atoms with van der Waals surface area (Å²) < 4.78 is 20.5. The number of piperidine rings is 1. The first-order chi connectivity index (χ1) is 36.3. The van der Waals surface area contributed by atoms with E-state index >= 15 is 0 Å². The van der Waals surface area contributed by atoms with E-state index in [0.29, 0.717) is 101 Å². The van der Waals surface area contributed by atoms with Gasteiger partial charge in [0.15, 0.2) is 5.13 Å². The van der Waals surface area contributed by atoms with E-state index in [0.717, 1.165) is 76.3 Å². The Hall–Kier alpha value is -6.48. The number of piperazine rings is 1. The van der Waals surface area contributed by atoms with E-state index in [-0.39, 0.29) is 30.3 Å². The summed E-state index contributed by atoms with van der Waals surface area (Å²) in [7, 11) is 0. The van der Waals surface area contributed by atoms with Crippen LogP contribution in [0.1, 0.15) is 73.6 Å². The number of nitrogens with two attached hydrogens (primary N) is 1. The van der Waals surface area contributed by atoms with Gasteiger partial charge in [-0.05, 0) is 106 Å². The Kier molecular flexibility index (Phi) is 18.1. The molecular weight excluding hydrogens is 1030 g/mol. The molecule has 4 aromatic heterocycles. The van der Waals surface area contributed by atoms with Crippen molar-refractivity contribution in [2.24, 2.45) is 11.7 Å². The predicted octanol–water partition coefficient (Wildman–Crippen LogP) is 10.4. The number of nitrogens with zero attached hydrogens (tertiary/aromatic N) is 8. The molecule has 21 heteroatoms. The van der Waals surface area contributed by atoms with Gasteiger partial charge in [0, 0.05) is 74.8 Å². The molecule has 2 aliphatic rings. The minimum absolute atomic E-state index is 0.0470. The second kappa shape index (κ2) is 24.7. The maximum Gasteiger partial charge on any atom is 0.267 e. The lowest BCUT2D eigenvalue weighted by atomic mass is 9.96. The fraction of sp³-hybridized carbons (Fsp3) is 0.400. The lowest BCUT2D eigenvalue weighted by molar-refractivity contribution is -0.132. The third-order valence-electron chi connectivity index (χ3n) is 12.9. The summed E-state index contributed by atoms with van der Waals surface area (Å²) in [6.07, 6.45) is 5.42. The average molecular weight is 1100 g/mol. The second-order valence-electron chi connectivity index (χ2n) is 20.3. The summed E-state index contributed by atoms with van der Waals surface area (Å²) in [5.74, 6) is 3.07. The van der Waals surface area contributed by atoms with E-state index in [1.807, 2.05) is 75.2 Å². The van der Waals surface area contributed by atoms with E-state index in [1.165, 1.54) is 23.6 Å². The van der Waals surface area contributed by atoms with Crippen molar-refractivity contribution < 1.29 is 23.8 Å². The number of rotatable bonds is 16. The third kappa shape index (κ3) is 14.1. The molecule has 6 heterocycles. The molecule has 2 fully saturated rings. The van der Waals surface area contributed by atoms with Crippen LogP contribution in [0.5, 0.6) is 0 Å². The van der Waals surface area contributed by atoms with Crippen LogP contribution in [-0.2, 0) is 9.53 Å². The van der Waals surface area contributed by atoms with Crippen LogP contribution in [0.3, 0.4) is 0 Å². The molecule has 17 nitrogen and oxygen atoms in total. The number of aryl methyl sites for hydroxylation is 3. The van der Waals surface area contributed by atoms with E-state index in [1.54, 1.807) is 25.1 Å². The molecule has 0 spiro atoms. The number of ether oxygens (including phenoxy) is 1. The highest BCUT2D eigenvalue weighted by molar-refractivity contribution is 7.17. The van der Waals surface area contributed by atoms with Gasteiger partial charge in [0.05, 0.1) is 64.4 Å². The van der Waals surface area contributed by atoms with Gasteiger partial charge in [0.25, 0.3) is 5.91 Å². The van der Waals surface area contributed by atoms with Crippen molar-refractivity contribution in [1.82, 2.24) is 34.8 Å². The van der Waals surface area contributed by atoms with Gasteiger partial charge in [-0.2, -0.15) is 0 Å². The molecule has 0 unspecified atom stereocenters. The number of aliphatic hydroxyl groups is 1. The van der Waals surface area contributed by atoms with Crippen LogP contribution in [0, 0.1) is 32.5 Å². The number of nitrogens with one attached hydrogen (secondary N) is 4. The molecule has 9 rings (SSSR count). The van der Waals surface area contributed by atoms with Crippen molar-refractivity contribution in [2.75, 3.05) is 84.8 Å². The van der Waals surface area contributed by atoms with Crippen LogP contribution in [0.2, 0.25) is 10.0 Å². The number of aromatic amines is 1. The lowest BCUT2D eigenvalue weighted by Crippen LogP contribution is -2.49. The monoisotopic (exact) mass is 1090 g/mol. The molecule has 7 N–H and O–H groups in total. The summed E-state index contributed by atoms with van der Waals surface area (Å²) in [5.41, 5.74) is 13.1. The first-order valence-corrected chi connectivity index (χ1v) is 27.0. The van der Waals surface area contributed by atoms with Gasteiger partial charge in [0.1, 0.15) is 39.8 Å². The van der Waals surface area contributed by atoms with Crippen LogP contribution < -0.4 is 31.5 Å². The lowest BCUT2D eigenvalue weighted by Gasteiger charge is -2.39. The maximum atomic E-state index is 14.8. The molecule has 76 heavy (non-hydrogen) atoms. The number of imidazole rings is 1. The summed E-state index contributed by atoms with van der Waals surface area (Å²) in [6, 6.07) is 18.0. The minimum atomic E-state index is -0.526. The largest absolute Gasteiger partial charge is 0.394 e. The molecule has 2 amide bonds. The molecular formula is C55H66Cl2FN13O4S. The van der Waals surface area contributed by atoms with E-state index < -0.39 is 5.54 Å². The van der Waals surface area contributed by atoms with Crippen LogP contribution in [0.25, 0.3) is 33.5 Å². The molecule has 0 atom stereocenters. The molecule has 0 aliphatic carbocycles. The number of hydrogen-bond acceptors (Lipinski definition) is 15. The minimum Gasteiger partial charge on any atom is -0.394 e. The van der Waals surface area contributed by atoms with Crippen molar-refractivity contribution in [3.05, 3.63) is 111 Å². The normalized spacial score (nSPS) is 14.2. The number of H-pyrrole nitrogens is 1. The Morgan fingerprint density at radius 2 is 1.68 bits per heavy atom. The van der Waals surface area contributed by atoms with Crippen LogP contribution in [-0.4, -0.2) is 122 Å². The number of anilines is 6. The van der Waals surface area contributed by atoms with Gasteiger partial charge in [-0.15, -0.1) is 0 Å². The van der Waals surface area contributed by atoms with Gasteiger partial charge in [-0.3, -0.25) is 9.59 Å². The SMILES string of the molecule is Cc1cc(F)cc(-c2cnc(N3CCN(C(=O)CCOCC(C)C)CC3)c(-c3nc4ccc(Cl)cc4[nH]3)c2N2CCC(N)CC2)c1.Cc1nc(Nc2ncc(C(=O)Nc3c(C)cccc3Cl)s2)cc(NC(C)(C)CO)n1. The first-order valence-electron chi connectivity index (χ1n) is 25.4. The number of carbonyl (C=O) groups is 2. The second-order valence-corrected chi connectivity index (χ2v) is 22.2. The number of para-hydroxylation sites is 1. The summed E-state index contributed by atoms with van der Waals surface area (Å²) in [6.45, 7) is 18.4. The van der Waals surface area contributed by atoms with Gasteiger partial charge < -0.3 is 51.2 Å². The summed E-state index contributed by atoms with van der Waals surface area (Å²) in [4.78, 5) is 59.1. The van der Waals surface area contributed by atoms with E-state index in [2.05, 4.69) is 59.5 Å². The molecule has 2 saturated heterocycles. The van der Waals surface area contributed by atoms with E-state index in [4.69, 9.17) is 43.6 Å². The van der Waals surface area contributed by atoms with Crippen molar-refractivity contribution >= 4 is 91.3 Å². The number of benzene rings is 3. The van der Waals surface area contributed by atoms with Crippen molar-refractivity contribution in [2.45, 2.75) is 79.3 Å². The number of carbonyl (C=O) groups excluding carboxylic acids is 2. The summed E-state index contributed by atoms with van der Waals surface area (Å²) >= 11 is 13.7. The van der Waals surface area contributed by atoms with Crippen LogP contribution in [0.15, 0.2) is 73.1 Å². The van der Waals surface area contributed by atoms with Gasteiger partial charge >= 0.3 is 0 Å². The number of halogens is 3. The molecule has 402 valence electrons. The summed E-state index contributed by atoms with van der Waals surface area (Å²) in [5, 5.41) is 20.2. The molecule has 0 radical (unpaired) electrons. The van der Waals surface area contributed by atoms with Gasteiger partial charge in [-0.25, -0.2) is 29.3 Å². The van der Waals surface area contributed by atoms with E-state index in [9.17, 15) is 19.1 Å². The number of thiazole rings is 1. The van der Waals surface area contributed by atoms with Crippen molar-refractivity contribution in [1.29, 1.82) is 0 Å². The Balaban J connectivity index is 0.000000221. The van der Waals surface area contributed by atoms with Gasteiger partial charge in [-0.1, -0.05) is 66.6 Å². The van der Waals surface area contributed by atoms with Crippen molar-refractivity contribution in [3.8, 4) is 22.5 Å². The van der Waals surface area contributed by atoms with Gasteiger partial charge in [0.2, 0.25) is 5.91 Å². The zero-order valence-corrected chi connectivity index (χ0v) is 46.3. The van der Waals surface area contributed by atoms with Crippen LogP contribution >= 0.6 is 34.5 Å². The average Bonchev–Trinajstić information content (AvgIpc) is 4.09. The third-order valence-corrected chi connectivity index (χ3v) is 14.4. The quantitative estimate of drug-likeness (QED) is 0.0497. The smallest absolute Gasteiger partial charge is 0.267 e. The number of aliphatic hydroxyl groups excluding tert-OH is 1. The Bertz CT molecular complexity index is 3130. The zero-order valence-electron chi connectivity index (χ0n) is 43.9. The highest BCUT2D eigenvalue weighted by Crippen LogP contribution is 2.45. The van der Waals surface area contributed by atoms with Crippen LogP contribution in [0.4, 0.5) is 38.4 Å².